The number of hydrogen-bond acceptors (Lipinski definition) is 6. The van der Waals surface area contributed by atoms with Gasteiger partial charge in [-0.25, -0.2) is 9.69 Å². The Labute approximate surface area is 173 Å². The molecule has 0 aromatic heterocycles. The molecule has 0 radical (unpaired) electrons. The number of nitrogens with zero attached hydrogens (tertiary/aromatic N) is 1. The SMILES string of the molecule is CC(=O)c1ccc(Cl)c(NC(=O)C(C(=O)C(C)(C)C)N2C(=O)OC(C)(C)C2=O)c1. The van der Waals surface area contributed by atoms with Crippen LogP contribution in [-0.4, -0.2) is 46.0 Å². The van der Waals surface area contributed by atoms with Gasteiger partial charge in [0.05, 0.1) is 10.7 Å². The van der Waals surface area contributed by atoms with Crippen LogP contribution in [0, 0.1) is 5.41 Å². The molecular formula is C20H23ClN2O6. The zero-order chi connectivity index (χ0) is 22.3. The number of carbonyl (C=O) groups is 5. The number of cyclic esters (lactones) is 1. The Morgan fingerprint density at radius 2 is 1.76 bits per heavy atom. The van der Waals surface area contributed by atoms with Gasteiger partial charge in [0.1, 0.15) is 0 Å². The zero-order valence-corrected chi connectivity index (χ0v) is 17.8. The molecule has 1 aromatic rings. The van der Waals surface area contributed by atoms with Gasteiger partial charge in [-0.2, -0.15) is 0 Å². The van der Waals surface area contributed by atoms with Crippen LogP contribution in [0.15, 0.2) is 18.2 Å². The second kappa shape index (κ2) is 7.59. The maximum absolute atomic E-state index is 13.0. The number of halogens is 1. The lowest BCUT2D eigenvalue weighted by Crippen LogP contribution is -2.55. The summed E-state index contributed by atoms with van der Waals surface area (Å²) in [5, 5.41) is 2.58. The van der Waals surface area contributed by atoms with Gasteiger partial charge in [-0.3, -0.25) is 19.2 Å². The molecule has 1 aliphatic heterocycles. The van der Waals surface area contributed by atoms with Gasteiger partial charge in [-0.15, -0.1) is 0 Å². The van der Waals surface area contributed by atoms with E-state index < -0.39 is 40.7 Å². The lowest BCUT2D eigenvalue weighted by atomic mass is 9.85. The molecule has 0 saturated carbocycles. The predicted octanol–water partition coefficient (Wildman–Crippen LogP) is 3.22. The zero-order valence-electron chi connectivity index (χ0n) is 17.1. The third-order valence-corrected chi connectivity index (χ3v) is 4.73. The molecular weight excluding hydrogens is 400 g/mol. The molecule has 1 N–H and O–H groups in total. The van der Waals surface area contributed by atoms with Gasteiger partial charge in [-0.05, 0) is 39.0 Å². The molecule has 1 atom stereocenters. The number of anilines is 1. The molecule has 0 bridgehead atoms. The number of imide groups is 1. The average molecular weight is 423 g/mol. The van der Waals surface area contributed by atoms with E-state index in [1.54, 1.807) is 20.8 Å². The minimum absolute atomic E-state index is 0.0790. The van der Waals surface area contributed by atoms with Gasteiger partial charge in [-0.1, -0.05) is 32.4 Å². The highest BCUT2D eigenvalue weighted by Gasteiger charge is 2.55. The number of hydrogen-bond donors (Lipinski definition) is 1. The topological polar surface area (TPSA) is 110 Å². The van der Waals surface area contributed by atoms with Gasteiger partial charge in [0, 0.05) is 11.0 Å². The standard InChI is InChI=1S/C20H23ClN2O6/c1-10(24)11-7-8-12(21)13(9-11)22-16(26)14(15(25)19(2,3)4)23-17(27)20(5,6)29-18(23)28/h7-9,14H,1-6H3,(H,22,26). The van der Waals surface area contributed by atoms with Crippen LogP contribution in [0.1, 0.15) is 51.9 Å². The highest BCUT2D eigenvalue weighted by atomic mass is 35.5. The van der Waals surface area contributed by atoms with Gasteiger partial charge in [0.15, 0.2) is 23.2 Å². The monoisotopic (exact) mass is 422 g/mol. The molecule has 156 valence electrons. The summed E-state index contributed by atoms with van der Waals surface area (Å²) >= 11 is 6.10. The summed E-state index contributed by atoms with van der Waals surface area (Å²) < 4.78 is 5.03. The van der Waals surface area contributed by atoms with E-state index in [4.69, 9.17) is 16.3 Å². The first-order chi connectivity index (χ1) is 13.2. The van der Waals surface area contributed by atoms with Gasteiger partial charge >= 0.3 is 6.09 Å². The van der Waals surface area contributed by atoms with Crippen LogP contribution in [-0.2, 0) is 19.1 Å². The lowest BCUT2D eigenvalue weighted by Gasteiger charge is -2.28. The van der Waals surface area contributed by atoms with E-state index in [-0.39, 0.29) is 16.5 Å². The van der Waals surface area contributed by atoms with Crippen LogP contribution in [0.4, 0.5) is 10.5 Å². The molecule has 1 fully saturated rings. The predicted molar refractivity (Wildman–Crippen MR) is 106 cm³/mol. The molecule has 9 heteroatoms. The molecule has 1 aromatic carbocycles. The molecule has 1 unspecified atom stereocenters. The Morgan fingerprint density at radius 1 is 1.17 bits per heavy atom. The van der Waals surface area contributed by atoms with E-state index in [0.29, 0.717) is 10.5 Å². The van der Waals surface area contributed by atoms with Crippen molar-refractivity contribution in [1.82, 2.24) is 4.90 Å². The number of ether oxygens (including phenoxy) is 1. The fourth-order valence-corrected chi connectivity index (χ4v) is 2.88. The van der Waals surface area contributed by atoms with E-state index >= 15 is 0 Å². The normalized spacial score (nSPS) is 17.0. The molecule has 1 heterocycles. The molecule has 29 heavy (non-hydrogen) atoms. The maximum atomic E-state index is 13.0. The summed E-state index contributed by atoms with van der Waals surface area (Å²) in [5.74, 6) is -2.64. The molecule has 1 aliphatic rings. The smallest absolute Gasteiger partial charge is 0.418 e. The Balaban J connectivity index is 2.48. The number of ketones is 2. The van der Waals surface area contributed by atoms with Crippen molar-refractivity contribution < 1.29 is 28.7 Å². The first-order valence-corrected chi connectivity index (χ1v) is 9.27. The summed E-state index contributed by atoms with van der Waals surface area (Å²) in [5.41, 5.74) is -2.17. The summed E-state index contributed by atoms with van der Waals surface area (Å²) in [6.07, 6.45) is -1.08. The summed E-state index contributed by atoms with van der Waals surface area (Å²) in [6.45, 7) is 8.79. The first kappa shape index (κ1) is 22.5. The lowest BCUT2D eigenvalue weighted by molar-refractivity contribution is -0.145. The van der Waals surface area contributed by atoms with Gasteiger partial charge in [0.25, 0.3) is 11.8 Å². The van der Waals surface area contributed by atoms with Crippen molar-refractivity contribution in [3.05, 3.63) is 28.8 Å². The molecule has 3 amide bonds. The molecule has 8 nitrogen and oxygen atoms in total. The second-order valence-electron chi connectivity index (χ2n) is 8.31. The van der Waals surface area contributed by atoms with Crippen LogP contribution in [0.25, 0.3) is 0 Å². The average Bonchev–Trinajstić information content (AvgIpc) is 2.77. The first-order valence-electron chi connectivity index (χ1n) is 8.89. The van der Waals surface area contributed by atoms with Gasteiger partial charge < -0.3 is 10.1 Å². The molecule has 2 rings (SSSR count). The van der Waals surface area contributed by atoms with Crippen LogP contribution < -0.4 is 5.32 Å². The fourth-order valence-electron chi connectivity index (χ4n) is 2.71. The minimum atomic E-state index is -1.76. The highest BCUT2D eigenvalue weighted by molar-refractivity contribution is 6.34. The summed E-state index contributed by atoms with van der Waals surface area (Å²) in [4.78, 5) is 63.2. The second-order valence-corrected chi connectivity index (χ2v) is 8.72. The van der Waals surface area contributed by atoms with Crippen molar-refractivity contribution in [2.75, 3.05) is 5.32 Å². The van der Waals surface area contributed by atoms with Crippen LogP contribution in [0.2, 0.25) is 5.02 Å². The van der Waals surface area contributed by atoms with E-state index in [1.165, 1.54) is 39.0 Å². The highest BCUT2D eigenvalue weighted by Crippen LogP contribution is 2.30. The Morgan fingerprint density at radius 3 is 2.21 bits per heavy atom. The van der Waals surface area contributed by atoms with E-state index in [9.17, 15) is 24.0 Å². The van der Waals surface area contributed by atoms with E-state index in [1.807, 2.05) is 0 Å². The number of benzene rings is 1. The van der Waals surface area contributed by atoms with Crippen LogP contribution >= 0.6 is 11.6 Å². The molecule has 1 saturated heterocycles. The quantitative estimate of drug-likeness (QED) is 0.576. The van der Waals surface area contributed by atoms with Crippen molar-refractivity contribution in [3.8, 4) is 0 Å². The van der Waals surface area contributed by atoms with E-state index in [0.717, 1.165) is 0 Å². The largest absolute Gasteiger partial charge is 0.433 e. The maximum Gasteiger partial charge on any atom is 0.418 e. The molecule has 0 aliphatic carbocycles. The molecule has 0 spiro atoms. The third-order valence-electron chi connectivity index (χ3n) is 4.40. The number of nitrogens with one attached hydrogen (secondary N) is 1. The number of rotatable bonds is 5. The minimum Gasteiger partial charge on any atom is -0.433 e. The van der Waals surface area contributed by atoms with Crippen molar-refractivity contribution in [1.29, 1.82) is 0 Å². The third kappa shape index (κ3) is 4.48. The Bertz CT molecular complexity index is 916. The van der Waals surface area contributed by atoms with Crippen molar-refractivity contribution in [2.24, 2.45) is 5.41 Å². The van der Waals surface area contributed by atoms with Gasteiger partial charge in [0.2, 0.25) is 0 Å². The van der Waals surface area contributed by atoms with Crippen LogP contribution in [0.5, 0.6) is 0 Å². The Kier molecular flexibility index (Phi) is 5.90. The van der Waals surface area contributed by atoms with Crippen molar-refractivity contribution in [3.63, 3.8) is 0 Å². The van der Waals surface area contributed by atoms with Crippen molar-refractivity contribution in [2.45, 2.75) is 53.2 Å². The number of Topliss-reactive ketones (excluding diaryl/α,β-unsaturated/α-hetero) is 2. The number of carbonyl (C=O) groups excluding carboxylic acids is 5. The fraction of sp³-hybridized carbons (Fsp3) is 0.450. The Hall–Kier alpha value is -2.74. The summed E-state index contributed by atoms with van der Waals surface area (Å²) in [7, 11) is 0. The van der Waals surface area contributed by atoms with Crippen molar-refractivity contribution >= 4 is 46.8 Å². The summed E-state index contributed by atoms with van der Waals surface area (Å²) in [6, 6.07) is 2.51. The number of amides is 3. The van der Waals surface area contributed by atoms with E-state index in [2.05, 4.69) is 5.32 Å². The van der Waals surface area contributed by atoms with Crippen LogP contribution in [0.3, 0.4) is 0 Å².